The molecule has 0 aliphatic heterocycles. The fourth-order valence-corrected chi connectivity index (χ4v) is 3.85. The number of nitrogens with one attached hydrogen (secondary N) is 1. The van der Waals surface area contributed by atoms with Crippen molar-refractivity contribution in [3.05, 3.63) is 42.5 Å². The minimum absolute atomic E-state index is 0.104. The molecule has 1 N–H and O–H groups in total. The number of nitrogens with zero attached hydrogens (tertiary/aromatic N) is 4. The summed E-state index contributed by atoms with van der Waals surface area (Å²) in [4.78, 5) is 17.9. The van der Waals surface area contributed by atoms with Gasteiger partial charge in [-0.2, -0.15) is 0 Å². The van der Waals surface area contributed by atoms with Crippen molar-refractivity contribution in [1.29, 1.82) is 0 Å². The Bertz CT molecular complexity index is 1040. The van der Waals surface area contributed by atoms with Gasteiger partial charge in [0.15, 0.2) is 5.13 Å². The summed E-state index contributed by atoms with van der Waals surface area (Å²) in [5, 5.41) is 11.5. The van der Waals surface area contributed by atoms with Crippen LogP contribution in [0, 0.1) is 0 Å². The minimum atomic E-state index is -0.171. The van der Waals surface area contributed by atoms with Crippen molar-refractivity contribution in [2.45, 2.75) is 11.4 Å². The van der Waals surface area contributed by atoms with Crippen LogP contribution in [-0.2, 0) is 11.3 Å². The lowest BCUT2D eigenvalue weighted by atomic mass is 10.3. The van der Waals surface area contributed by atoms with Gasteiger partial charge in [0.2, 0.25) is 5.91 Å². The van der Waals surface area contributed by atoms with Crippen molar-refractivity contribution in [3.63, 3.8) is 0 Å². The normalized spacial score (nSPS) is 11.2. The number of hydrogen-bond acceptors (Lipinski definition) is 6. The van der Waals surface area contributed by atoms with E-state index in [1.165, 1.54) is 16.2 Å². The Morgan fingerprint density at radius 1 is 1.25 bits per heavy atom. The molecule has 0 fully saturated rings. The van der Waals surface area contributed by atoms with Gasteiger partial charge in [-0.25, -0.2) is 9.67 Å². The smallest absolute Gasteiger partial charge is 0.247 e. The number of aromatic nitrogens is 4. The molecule has 24 heavy (non-hydrogen) atoms. The molecule has 0 saturated carbocycles. The number of amides is 1. The fourth-order valence-electron chi connectivity index (χ4n) is 2.41. The first-order valence-electron chi connectivity index (χ1n) is 7.25. The van der Waals surface area contributed by atoms with E-state index in [0.717, 1.165) is 21.3 Å². The van der Waals surface area contributed by atoms with E-state index in [4.69, 9.17) is 0 Å². The Kier molecular flexibility index (Phi) is 3.91. The van der Waals surface area contributed by atoms with Gasteiger partial charge in [-0.05, 0) is 36.6 Å². The lowest BCUT2D eigenvalue weighted by molar-refractivity contribution is -0.116. The Morgan fingerprint density at radius 2 is 2.12 bits per heavy atom. The first-order chi connectivity index (χ1) is 11.7. The highest BCUT2D eigenvalue weighted by molar-refractivity contribution is 7.98. The number of hydrogen-bond donors (Lipinski definition) is 1. The van der Waals surface area contributed by atoms with Crippen LogP contribution in [-0.4, -0.2) is 32.1 Å². The van der Waals surface area contributed by atoms with E-state index in [2.05, 4.69) is 26.7 Å². The molecule has 2 heterocycles. The topological polar surface area (TPSA) is 72.7 Å². The van der Waals surface area contributed by atoms with E-state index in [9.17, 15) is 4.79 Å². The van der Waals surface area contributed by atoms with Crippen molar-refractivity contribution in [2.75, 3.05) is 11.6 Å². The number of benzene rings is 2. The third-order valence-electron chi connectivity index (χ3n) is 3.56. The molecule has 8 heteroatoms. The summed E-state index contributed by atoms with van der Waals surface area (Å²) < 4.78 is 2.65. The number of thiazole rings is 1. The largest absolute Gasteiger partial charge is 0.300 e. The van der Waals surface area contributed by atoms with Gasteiger partial charge < -0.3 is 5.32 Å². The van der Waals surface area contributed by atoms with Gasteiger partial charge >= 0.3 is 0 Å². The van der Waals surface area contributed by atoms with Crippen LogP contribution in [0.15, 0.2) is 47.4 Å². The van der Waals surface area contributed by atoms with E-state index in [-0.39, 0.29) is 12.5 Å². The van der Waals surface area contributed by atoms with Gasteiger partial charge in [0.25, 0.3) is 0 Å². The summed E-state index contributed by atoms with van der Waals surface area (Å²) in [6.45, 7) is 0.104. The number of rotatable bonds is 4. The second-order valence-corrected chi connectivity index (χ2v) is 7.05. The minimum Gasteiger partial charge on any atom is -0.300 e. The SMILES string of the molecule is CSc1ccc2nc(NC(=O)Cn3nnc4ccccc43)sc2c1. The third-order valence-corrected chi connectivity index (χ3v) is 5.21. The van der Waals surface area contributed by atoms with Crippen molar-refractivity contribution in [1.82, 2.24) is 20.0 Å². The van der Waals surface area contributed by atoms with Crippen LogP contribution in [0.3, 0.4) is 0 Å². The first kappa shape index (κ1) is 15.1. The van der Waals surface area contributed by atoms with Crippen LogP contribution < -0.4 is 5.32 Å². The highest BCUT2D eigenvalue weighted by Gasteiger charge is 2.11. The van der Waals surface area contributed by atoms with Gasteiger partial charge in [0.05, 0.1) is 15.7 Å². The van der Waals surface area contributed by atoms with Crippen molar-refractivity contribution in [2.24, 2.45) is 0 Å². The fraction of sp³-hybridized carbons (Fsp3) is 0.125. The molecular formula is C16H13N5OS2. The van der Waals surface area contributed by atoms with Gasteiger partial charge in [-0.1, -0.05) is 28.7 Å². The van der Waals surface area contributed by atoms with Crippen molar-refractivity contribution >= 4 is 55.4 Å². The molecule has 4 rings (SSSR count). The Morgan fingerprint density at radius 3 is 3.00 bits per heavy atom. The molecule has 0 aliphatic carbocycles. The molecule has 2 aromatic carbocycles. The molecule has 6 nitrogen and oxygen atoms in total. The molecule has 0 bridgehead atoms. The standard InChI is InChI=1S/C16H13N5OS2/c1-23-10-6-7-12-14(8-10)24-16(17-12)18-15(22)9-21-13-5-3-2-4-11(13)19-20-21/h2-8H,9H2,1H3,(H,17,18,22). The van der Waals surface area contributed by atoms with E-state index < -0.39 is 0 Å². The lowest BCUT2D eigenvalue weighted by Crippen LogP contribution is -2.19. The number of carbonyl (C=O) groups is 1. The van der Waals surface area contributed by atoms with Gasteiger partial charge in [0, 0.05) is 4.90 Å². The second kappa shape index (κ2) is 6.21. The average molecular weight is 355 g/mol. The predicted molar refractivity (Wildman–Crippen MR) is 97.6 cm³/mol. The molecule has 0 saturated heterocycles. The molecule has 2 aromatic heterocycles. The maximum Gasteiger partial charge on any atom is 0.247 e. The number of fused-ring (bicyclic) bond motifs is 2. The maximum absolute atomic E-state index is 12.3. The number of anilines is 1. The zero-order chi connectivity index (χ0) is 16.5. The van der Waals surface area contributed by atoms with Crippen LogP contribution in [0.4, 0.5) is 5.13 Å². The van der Waals surface area contributed by atoms with Crippen LogP contribution in [0.5, 0.6) is 0 Å². The Balaban J connectivity index is 1.53. The zero-order valence-electron chi connectivity index (χ0n) is 12.8. The summed E-state index contributed by atoms with van der Waals surface area (Å²) >= 11 is 3.15. The monoisotopic (exact) mass is 355 g/mol. The van der Waals surface area contributed by atoms with Crippen molar-refractivity contribution in [3.8, 4) is 0 Å². The van der Waals surface area contributed by atoms with E-state index in [1.807, 2.05) is 42.7 Å². The lowest BCUT2D eigenvalue weighted by Gasteiger charge is -2.02. The maximum atomic E-state index is 12.3. The Labute approximate surface area is 145 Å². The predicted octanol–water partition coefficient (Wildman–Crippen LogP) is 3.40. The Hall–Kier alpha value is -2.45. The summed E-state index contributed by atoms with van der Waals surface area (Å²) in [5.41, 5.74) is 2.50. The molecule has 1 amide bonds. The molecule has 0 spiro atoms. The molecule has 0 radical (unpaired) electrons. The van der Waals surface area contributed by atoms with Crippen LogP contribution in [0.25, 0.3) is 21.3 Å². The van der Waals surface area contributed by atoms with Crippen molar-refractivity contribution < 1.29 is 4.79 Å². The zero-order valence-corrected chi connectivity index (χ0v) is 14.4. The second-order valence-electron chi connectivity index (χ2n) is 5.14. The molecular weight excluding hydrogens is 342 g/mol. The molecule has 120 valence electrons. The highest BCUT2D eigenvalue weighted by atomic mass is 32.2. The number of thioether (sulfide) groups is 1. The number of carbonyl (C=O) groups excluding carboxylic acids is 1. The van der Waals surface area contributed by atoms with E-state index in [0.29, 0.717) is 5.13 Å². The van der Waals surface area contributed by atoms with Crippen LogP contribution >= 0.6 is 23.1 Å². The van der Waals surface area contributed by atoms with Gasteiger partial charge in [-0.15, -0.1) is 16.9 Å². The molecule has 4 aromatic rings. The van der Waals surface area contributed by atoms with E-state index >= 15 is 0 Å². The summed E-state index contributed by atoms with van der Waals surface area (Å²) in [5.74, 6) is -0.171. The summed E-state index contributed by atoms with van der Waals surface area (Å²) in [7, 11) is 0. The molecule has 0 unspecified atom stereocenters. The summed E-state index contributed by atoms with van der Waals surface area (Å²) in [6.07, 6.45) is 2.04. The molecule has 0 aliphatic rings. The van der Waals surface area contributed by atoms with Crippen LogP contribution in [0.2, 0.25) is 0 Å². The van der Waals surface area contributed by atoms with Crippen LogP contribution in [0.1, 0.15) is 0 Å². The highest BCUT2D eigenvalue weighted by Crippen LogP contribution is 2.29. The quantitative estimate of drug-likeness (QED) is 0.568. The van der Waals surface area contributed by atoms with E-state index in [1.54, 1.807) is 16.4 Å². The first-order valence-corrected chi connectivity index (χ1v) is 9.30. The van der Waals surface area contributed by atoms with Gasteiger partial charge in [0.1, 0.15) is 12.1 Å². The van der Waals surface area contributed by atoms with Gasteiger partial charge in [-0.3, -0.25) is 4.79 Å². The molecule has 0 atom stereocenters. The summed E-state index contributed by atoms with van der Waals surface area (Å²) in [6, 6.07) is 13.6. The number of para-hydroxylation sites is 1. The third kappa shape index (κ3) is 2.85. The average Bonchev–Trinajstić information content (AvgIpc) is 3.17.